The number of allylic oxidation sites excluding steroid dienone is 1. The van der Waals surface area contributed by atoms with E-state index in [0.29, 0.717) is 36.9 Å². The van der Waals surface area contributed by atoms with Crippen LogP contribution in [0.25, 0.3) is 0 Å². The Kier molecular flexibility index (Phi) is 6.49. The van der Waals surface area contributed by atoms with Crippen LogP contribution in [0.1, 0.15) is 58.8 Å². The topological polar surface area (TPSA) is 37.2 Å². The molecule has 0 amide bonds. The average Bonchev–Trinajstić information content (AvgIpc) is 2.78. The Bertz CT molecular complexity index is 485. The Hall–Kier alpha value is -1.30. The maximum absolute atomic E-state index is 13.0. The second kappa shape index (κ2) is 8.19. The zero-order valence-electron chi connectivity index (χ0n) is 15.0. The smallest absolute Gasteiger partial charge is 0.245 e. The van der Waals surface area contributed by atoms with Crippen molar-refractivity contribution in [3.05, 3.63) is 11.9 Å². The lowest BCUT2D eigenvalue weighted by Gasteiger charge is -2.40. The Morgan fingerprint density at radius 1 is 1.33 bits per heavy atom. The lowest BCUT2D eigenvalue weighted by molar-refractivity contribution is 0.0108. The van der Waals surface area contributed by atoms with E-state index in [-0.39, 0.29) is 6.42 Å². The molecule has 2 atom stereocenters. The zero-order valence-corrected chi connectivity index (χ0v) is 15.0. The summed E-state index contributed by atoms with van der Waals surface area (Å²) in [7, 11) is 1.77. The van der Waals surface area contributed by atoms with Crippen molar-refractivity contribution in [1.82, 2.24) is 4.90 Å². The van der Waals surface area contributed by atoms with Crippen molar-refractivity contribution in [2.24, 2.45) is 9.98 Å². The van der Waals surface area contributed by atoms with E-state index in [2.05, 4.69) is 21.6 Å². The van der Waals surface area contributed by atoms with Gasteiger partial charge in [-0.05, 0) is 65.2 Å². The monoisotopic (exact) mass is 341 g/mol. The van der Waals surface area contributed by atoms with Crippen molar-refractivity contribution >= 4 is 12.6 Å². The number of hydrogen-bond acceptors (Lipinski definition) is 3. The summed E-state index contributed by atoms with van der Waals surface area (Å²) in [6.45, 7) is 6.30. The second-order valence-corrected chi connectivity index (χ2v) is 6.96. The van der Waals surface area contributed by atoms with Crippen molar-refractivity contribution in [3.8, 4) is 0 Å². The van der Waals surface area contributed by atoms with E-state index < -0.39 is 5.92 Å². The summed E-state index contributed by atoms with van der Waals surface area (Å²) in [5.41, 5.74) is 0. The van der Waals surface area contributed by atoms with Crippen LogP contribution in [0, 0.1) is 0 Å². The van der Waals surface area contributed by atoms with Crippen LogP contribution in [0.2, 0.25) is 0 Å². The number of piperidine rings is 1. The highest BCUT2D eigenvalue weighted by Gasteiger charge is 2.41. The van der Waals surface area contributed by atoms with Gasteiger partial charge in [-0.1, -0.05) is 0 Å². The molecule has 136 valence electrons. The van der Waals surface area contributed by atoms with Crippen LogP contribution < -0.4 is 0 Å². The van der Waals surface area contributed by atoms with Crippen LogP contribution in [-0.4, -0.2) is 48.7 Å². The van der Waals surface area contributed by atoms with E-state index in [9.17, 15) is 8.78 Å². The highest BCUT2D eigenvalue weighted by Crippen LogP contribution is 2.39. The average molecular weight is 341 g/mol. The number of halogens is 2. The molecular weight excluding hydrogens is 312 g/mol. The number of aliphatic imine (C=N–C) groups is 2. The maximum Gasteiger partial charge on any atom is 0.245 e. The zero-order chi connectivity index (χ0) is 17.7. The van der Waals surface area contributed by atoms with Gasteiger partial charge in [-0.25, -0.2) is 18.8 Å². The van der Waals surface area contributed by atoms with E-state index in [1.165, 1.54) is 0 Å². The van der Waals surface area contributed by atoms with Crippen LogP contribution in [0.3, 0.4) is 0 Å². The van der Waals surface area contributed by atoms with Crippen LogP contribution >= 0.6 is 0 Å². The van der Waals surface area contributed by atoms with E-state index in [4.69, 9.17) is 4.74 Å². The molecule has 0 aromatic rings. The van der Waals surface area contributed by atoms with Crippen LogP contribution in [0.4, 0.5) is 8.78 Å². The van der Waals surface area contributed by atoms with E-state index >= 15 is 0 Å². The number of hydrogen-bond donors (Lipinski definition) is 0. The predicted molar refractivity (Wildman–Crippen MR) is 93.9 cm³/mol. The third-order valence-corrected chi connectivity index (χ3v) is 4.94. The molecule has 0 spiro atoms. The lowest BCUT2D eigenvalue weighted by Crippen LogP contribution is -2.44. The SMILES string of the molecule is C=NC(C)=N/C(=C/CCCC(C)(F)F)N1C2CCC1CC(OC)C2. The van der Waals surface area contributed by atoms with Gasteiger partial charge in [0, 0.05) is 25.6 Å². The quantitative estimate of drug-likeness (QED) is 0.391. The normalized spacial score (nSPS) is 28.4. The van der Waals surface area contributed by atoms with Gasteiger partial charge < -0.3 is 9.64 Å². The molecule has 2 aliphatic heterocycles. The minimum atomic E-state index is -2.61. The number of ether oxygens (including phenoxy) is 1. The maximum atomic E-state index is 13.0. The molecule has 0 radical (unpaired) electrons. The summed E-state index contributed by atoms with van der Waals surface area (Å²) in [6, 6.07) is 0.822. The molecule has 2 fully saturated rings. The molecule has 6 heteroatoms. The van der Waals surface area contributed by atoms with Gasteiger partial charge in [-0.2, -0.15) is 0 Å². The Labute approximate surface area is 143 Å². The highest BCUT2D eigenvalue weighted by atomic mass is 19.3. The molecule has 2 bridgehead atoms. The molecule has 2 unspecified atom stereocenters. The van der Waals surface area contributed by atoms with Gasteiger partial charge in [0.05, 0.1) is 6.10 Å². The van der Waals surface area contributed by atoms with Gasteiger partial charge in [0.25, 0.3) is 0 Å². The van der Waals surface area contributed by atoms with Gasteiger partial charge >= 0.3 is 0 Å². The summed E-state index contributed by atoms with van der Waals surface area (Å²) in [6.07, 6.45) is 7.48. The van der Waals surface area contributed by atoms with Gasteiger partial charge in [0.2, 0.25) is 5.92 Å². The third kappa shape index (κ3) is 5.10. The van der Waals surface area contributed by atoms with Crippen LogP contribution in [0.5, 0.6) is 0 Å². The molecule has 0 aromatic heterocycles. The van der Waals surface area contributed by atoms with Crippen molar-refractivity contribution in [2.45, 2.75) is 82.9 Å². The summed E-state index contributed by atoms with van der Waals surface area (Å²) in [4.78, 5) is 10.8. The largest absolute Gasteiger partial charge is 0.381 e. The number of rotatable bonds is 7. The fraction of sp³-hybridized carbons (Fsp3) is 0.778. The van der Waals surface area contributed by atoms with Crippen molar-refractivity contribution in [2.75, 3.05) is 7.11 Å². The first-order valence-corrected chi connectivity index (χ1v) is 8.75. The molecule has 0 N–H and O–H groups in total. The first-order chi connectivity index (χ1) is 11.3. The van der Waals surface area contributed by atoms with Gasteiger partial charge in [0.15, 0.2) is 0 Å². The molecule has 2 aliphatic rings. The molecule has 24 heavy (non-hydrogen) atoms. The second-order valence-electron chi connectivity index (χ2n) is 6.96. The summed E-state index contributed by atoms with van der Waals surface area (Å²) < 4.78 is 31.5. The minimum Gasteiger partial charge on any atom is -0.381 e. The Morgan fingerprint density at radius 2 is 1.96 bits per heavy atom. The van der Waals surface area contributed by atoms with Crippen molar-refractivity contribution in [1.29, 1.82) is 0 Å². The summed E-state index contributed by atoms with van der Waals surface area (Å²) in [5, 5.41) is 0. The first kappa shape index (κ1) is 19.0. The Balaban J connectivity index is 2.11. The fourth-order valence-electron chi connectivity index (χ4n) is 3.75. The molecular formula is C18H29F2N3O. The molecule has 2 saturated heterocycles. The number of alkyl halides is 2. The third-order valence-electron chi connectivity index (χ3n) is 4.94. The van der Waals surface area contributed by atoms with Crippen LogP contribution in [-0.2, 0) is 4.74 Å². The fourth-order valence-corrected chi connectivity index (χ4v) is 3.75. The van der Waals surface area contributed by atoms with E-state index in [0.717, 1.165) is 38.4 Å². The number of methoxy groups -OCH3 is 1. The standard InChI is InChI=1S/C18H29F2N3O/c1-13(21-3)22-17(7-5-6-10-18(2,19)20)23-14-8-9-15(23)12-16(11-14)24-4/h7,14-16H,3,5-6,8-12H2,1-2,4H3/b17-7-,22-13?. The summed E-state index contributed by atoms with van der Waals surface area (Å²) in [5.74, 6) is -1.14. The van der Waals surface area contributed by atoms with Gasteiger partial charge in [0.1, 0.15) is 11.7 Å². The molecule has 0 saturated carbocycles. The lowest BCUT2D eigenvalue weighted by atomic mass is 9.99. The molecule has 2 heterocycles. The van der Waals surface area contributed by atoms with Gasteiger partial charge in [-0.15, -0.1) is 0 Å². The Morgan fingerprint density at radius 3 is 2.46 bits per heavy atom. The summed E-state index contributed by atoms with van der Waals surface area (Å²) >= 11 is 0. The molecule has 0 aromatic carbocycles. The minimum absolute atomic E-state index is 0.0994. The molecule has 0 aliphatic carbocycles. The van der Waals surface area contributed by atoms with E-state index in [1.807, 2.05) is 13.0 Å². The van der Waals surface area contributed by atoms with Gasteiger partial charge in [-0.3, -0.25) is 0 Å². The van der Waals surface area contributed by atoms with Crippen molar-refractivity contribution < 1.29 is 13.5 Å². The number of amidine groups is 1. The first-order valence-electron chi connectivity index (χ1n) is 8.75. The number of unbranched alkanes of at least 4 members (excludes halogenated alkanes) is 1. The molecule has 2 rings (SSSR count). The van der Waals surface area contributed by atoms with Crippen LogP contribution in [0.15, 0.2) is 21.9 Å². The van der Waals surface area contributed by atoms with Crippen molar-refractivity contribution in [3.63, 3.8) is 0 Å². The number of fused-ring (bicyclic) bond motifs is 2. The molecule has 4 nitrogen and oxygen atoms in total. The predicted octanol–water partition coefficient (Wildman–Crippen LogP) is 4.41. The number of nitrogens with zero attached hydrogens (tertiary/aromatic N) is 3. The highest BCUT2D eigenvalue weighted by molar-refractivity contribution is 5.84. The van der Waals surface area contributed by atoms with E-state index in [1.54, 1.807) is 7.11 Å².